The Morgan fingerprint density at radius 2 is 1.86 bits per heavy atom. The summed E-state index contributed by atoms with van der Waals surface area (Å²) in [5.74, 6) is -6.65. The van der Waals surface area contributed by atoms with Crippen LogP contribution in [0.25, 0.3) is 22.1 Å². The van der Waals surface area contributed by atoms with Gasteiger partial charge in [-0.1, -0.05) is 11.2 Å². The van der Waals surface area contributed by atoms with Crippen LogP contribution in [-0.2, 0) is 10.0 Å². The highest BCUT2D eigenvalue weighted by Crippen LogP contribution is 2.43. The average molecular weight is 516 g/mol. The number of sulfonamides is 1. The summed E-state index contributed by atoms with van der Waals surface area (Å²) in [6.45, 7) is -0.890. The first-order valence-electron chi connectivity index (χ1n) is 10.3. The van der Waals surface area contributed by atoms with Crippen molar-refractivity contribution in [3.05, 3.63) is 47.8 Å². The van der Waals surface area contributed by atoms with E-state index in [1.54, 1.807) is 0 Å². The fourth-order valence-electron chi connectivity index (χ4n) is 4.68. The number of carbonyl (C=O) groups excluding carboxylic acids is 1. The Bertz CT molecular complexity index is 1440. The predicted molar refractivity (Wildman–Crippen MR) is 114 cm³/mol. The van der Waals surface area contributed by atoms with Gasteiger partial charge < -0.3 is 9.42 Å². The second-order valence-electron chi connectivity index (χ2n) is 8.44. The maximum atomic E-state index is 14.9. The number of rotatable bonds is 4. The second kappa shape index (κ2) is 7.88. The molecule has 35 heavy (non-hydrogen) atoms. The number of urea groups is 1. The van der Waals surface area contributed by atoms with E-state index in [9.17, 15) is 35.2 Å². The highest BCUT2D eigenvalue weighted by Gasteiger charge is 2.60. The second-order valence-corrected chi connectivity index (χ2v) is 10.2. The summed E-state index contributed by atoms with van der Waals surface area (Å²) in [7, 11) is -3.99. The van der Waals surface area contributed by atoms with Gasteiger partial charge in [0.2, 0.25) is 10.0 Å². The molecular formula is C21H17F5N4O4S. The normalized spacial score (nSPS) is 22.2. The van der Waals surface area contributed by atoms with E-state index in [0.717, 1.165) is 46.4 Å². The molecule has 2 aliphatic rings. The van der Waals surface area contributed by atoms with E-state index in [0.29, 0.717) is 0 Å². The Morgan fingerprint density at radius 1 is 1.17 bits per heavy atom. The van der Waals surface area contributed by atoms with E-state index in [4.69, 9.17) is 4.52 Å². The van der Waals surface area contributed by atoms with Crippen LogP contribution >= 0.6 is 0 Å². The highest BCUT2D eigenvalue weighted by atomic mass is 32.2. The van der Waals surface area contributed by atoms with Crippen molar-refractivity contribution in [2.24, 2.45) is 0 Å². The van der Waals surface area contributed by atoms with E-state index in [2.05, 4.69) is 5.16 Å². The number of halogens is 5. The quantitative estimate of drug-likeness (QED) is 0.536. The van der Waals surface area contributed by atoms with Crippen LogP contribution in [0.4, 0.5) is 32.6 Å². The number of hydrogen-bond acceptors (Lipinski definition) is 5. The van der Waals surface area contributed by atoms with Gasteiger partial charge in [-0.3, -0.25) is 4.90 Å². The molecule has 0 aliphatic carbocycles. The van der Waals surface area contributed by atoms with Crippen molar-refractivity contribution in [2.75, 3.05) is 24.2 Å². The lowest BCUT2D eigenvalue weighted by molar-refractivity contribution is -0.0448. The van der Waals surface area contributed by atoms with Crippen LogP contribution in [0.5, 0.6) is 0 Å². The minimum absolute atomic E-state index is 0.0843. The van der Waals surface area contributed by atoms with Crippen molar-refractivity contribution in [1.29, 1.82) is 0 Å². The molecule has 0 spiro atoms. The van der Waals surface area contributed by atoms with E-state index in [1.165, 1.54) is 0 Å². The van der Waals surface area contributed by atoms with Gasteiger partial charge in [0.15, 0.2) is 11.4 Å². The largest absolute Gasteiger partial charge is 0.354 e. The zero-order valence-corrected chi connectivity index (χ0v) is 18.8. The molecule has 2 aromatic carbocycles. The zero-order chi connectivity index (χ0) is 25.3. The number of benzene rings is 2. The monoisotopic (exact) mass is 516 g/mol. The molecule has 2 saturated heterocycles. The molecule has 14 heteroatoms. The topological polar surface area (TPSA) is 95.8 Å². The smallest absolute Gasteiger partial charge is 0.326 e. The molecule has 3 heterocycles. The Morgan fingerprint density at radius 3 is 2.51 bits per heavy atom. The molecule has 0 radical (unpaired) electrons. The molecule has 1 N–H and O–H groups in total. The van der Waals surface area contributed by atoms with Gasteiger partial charge in [0.1, 0.15) is 29.5 Å². The Hall–Kier alpha value is -3.26. The molecule has 8 nitrogen and oxygen atoms in total. The molecule has 2 amide bonds. The number of nitrogens with zero attached hydrogens (tertiary/aromatic N) is 3. The standard InChI is InChI=1S/C21H17F5N4O4S/c1-35(32,33)28-15-9-30-16(21(15,25)26)5-6-29(20(30)31)19-18-11(7-10(22)8-14(18)34-27-19)17-12(23)3-2-4-13(17)24/h2-4,7-8,15-16,28H,5-6,9H2,1H3/t15-,16-/m1/s1. The van der Waals surface area contributed by atoms with Gasteiger partial charge >= 0.3 is 6.03 Å². The van der Waals surface area contributed by atoms with E-state index in [-0.39, 0.29) is 35.3 Å². The lowest BCUT2D eigenvalue weighted by atomic mass is 9.99. The van der Waals surface area contributed by atoms with Crippen LogP contribution in [0.1, 0.15) is 6.42 Å². The Labute approximate surface area is 195 Å². The van der Waals surface area contributed by atoms with Crippen LogP contribution in [-0.4, -0.2) is 61.9 Å². The Kier molecular flexibility index (Phi) is 5.29. The summed E-state index contributed by atoms with van der Waals surface area (Å²) >= 11 is 0. The third-order valence-corrected chi connectivity index (χ3v) is 6.84. The van der Waals surface area contributed by atoms with Crippen molar-refractivity contribution in [2.45, 2.75) is 24.4 Å². The average Bonchev–Trinajstić information content (AvgIpc) is 3.26. The number of amides is 2. The number of fused-ring (bicyclic) bond motifs is 2. The van der Waals surface area contributed by atoms with E-state index < -0.39 is 63.6 Å². The van der Waals surface area contributed by atoms with Crippen LogP contribution in [0, 0.1) is 17.5 Å². The molecule has 3 aromatic rings. The molecule has 0 saturated carbocycles. The van der Waals surface area contributed by atoms with Gasteiger partial charge in [0.25, 0.3) is 5.92 Å². The maximum absolute atomic E-state index is 14.9. The van der Waals surface area contributed by atoms with Crippen LogP contribution in [0.15, 0.2) is 34.9 Å². The third kappa shape index (κ3) is 3.80. The number of aromatic nitrogens is 1. The molecule has 0 bridgehead atoms. The number of anilines is 1. The predicted octanol–water partition coefficient (Wildman–Crippen LogP) is 3.48. The van der Waals surface area contributed by atoms with Gasteiger partial charge in [-0.25, -0.2) is 39.9 Å². The zero-order valence-electron chi connectivity index (χ0n) is 17.9. The first kappa shape index (κ1) is 23.5. The number of hydrogen-bond donors (Lipinski definition) is 1. The summed E-state index contributed by atoms with van der Waals surface area (Å²) in [6, 6.07) is 0.502. The van der Waals surface area contributed by atoms with Crippen molar-refractivity contribution in [3.8, 4) is 11.1 Å². The molecular weight excluding hydrogens is 499 g/mol. The third-order valence-electron chi connectivity index (χ3n) is 6.13. The van der Waals surface area contributed by atoms with Crippen LogP contribution < -0.4 is 9.62 Å². The van der Waals surface area contributed by atoms with Gasteiger partial charge in [-0.05, 0) is 24.6 Å². The molecule has 2 aliphatic heterocycles. The molecule has 2 atom stereocenters. The minimum Gasteiger partial charge on any atom is -0.354 e. The van der Waals surface area contributed by atoms with Gasteiger partial charge in [-0.2, -0.15) is 0 Å². The van der Waals surface area contributed by atoms with Gasteiger partial charge in [0.05, 0.1) is 17.2 Å². The SMILES string of the molecule is CS(=O)(=O)N[C@@H]1CN2C(=O)N(c3noc4cc(F)cc(-c5c(F)cccc5F)c34)CC[C@@H]2C1(F)F. The summed E-state index contributed by atoms with van der Waals surface area (Å²) in [6.07, 6.45) is 0.470. The first-order chi connectivity index (χ1) is 16.4. The summed E-state index contributed by atoms with van der Waals surface area (Å²) in [5, 5.41) is 3.69. The molecule has 0 unspecified atom stereocenters. The van der Waals surface area contributed by atoms with Gasteiger partial charge in [0, 0.05) is 24.7 Å². The molecule has 1 aromatic heterocycles. The van der Waals surface area contributed by atoms with Crippen molar-refractivity contribution in [1.82, 2.24) is 14.8 Å². The lowest BCUT2D eigenvalue weighted by Crippen LogP contribution is -2.56. The minimum atomic E-state index is -3.99. The van der Waals surface area contributed by atoms with Crippen molar-refractivity contribution >= 4 is 32.8 Å². The number of carbonyl (C=O) groups is 1. The molecule has 2 fully saturated rings. The van der Waals surface area contributed by atoms with Crippen LogP contribution in [0.2, 0.25) is 0 Å². The molecule has 186 valence electrons. The van der Waals surface area contributed by atoms with Gasteiger partial charge in [-0.15, -0.1) is 0 Å². The van der Waals surface area contributed by atoms with Crippen LogP contribution in [0.3, 0.4) is 0 Å². The fourth-order valence-corrected chi connectivity index (χ4v) is 5.43. The number of alkyl halides is 2. The van der Waals surface area contributed by atoms with Crippen molar-refractivity contribution in [3.63, 3.8) is 0 Å². The summed E-state index contributed by atoms with van der Waals surface area (Å²) in [5.41, 5.74) is -1.06. The highest BCUT2D eigenvalue weighted by molar-refractivity contribution is 7.88. The fraction of sp³-hybridized carbons (Fsp3) is 0.333. The first-order valence-corrected chi connectivity index (χ1v) is 12.2. The summed E-state index contributed by atoms with van der Waals surface area (Å²) in [4.78, 5) is 15.0. The van der Waals surface area contributed by atoms with Crippen molar-refractivity contribution < 1.29 is 39.7 Å². The van der Waals surface area contributed by atoms with E-state index in [1.807, 2.05) is 4.72 Å². The summed E-state index contributed by atoms with van der Waals surface area (Å²) < 4.78 is 103. The maximum Gasteiger partial charge on any atom is 0.326 e. The molecule has 5 rings (SSSR count). The number of nitrogens with one attached hydrogen (secondary N) is 1. The Balaban J connectivity index is 1.59. The lowest BCUT2D eigenvalue weighted by Gasteiger charge is -2.37. The van der Waals surface area contributed by atoms with E-state index >= 15 is 0 Å².